The second kappa shape index (κ2) is 5.53. The van der Waals surface area contributed by atoms with Gasteiger partial charge in [-0.3, -0.25) is 0 Å². The molecule has 0 saturated heterocycles. The largest absolute Gasteiger partial charge is 0.416 e. The summed E-state index contributed by atoms with van der Waals surface area (Å²) in [5.41, 5.74) is 3.05. The molecule has 1 atom stereocenters. The Morgan fingerprint density at radius 3 is 2.05 bits per heavy atom. The van der Waals surface area contributed by atoms with E-state index < -0.39 is 17.8 Å². The lowest BCUT2D eigenvalue weighted by Crippen LogP contribution is -2.08. The summed E-state index contributed by atoms with van der Waals surface area (Å²) in [5.74, 6) is 0. The van der Waals surface area contributed by atoms with E-state index in [-0.39, 0.29) is 0 Å². The van der Waals surface area contributed by atoms with E-state index in [9.17, 15) is 18.3 Å². The summed E-state index contributed by atoms with van der Waals surface area (Å²) in [5, 5.41) is 10.4. The van der Waals surface area contributed by atoms with Gasteiger partial charge in [0.15, 0.2) is 0 Å². The van der Waals surface area contributed by atoms with Crippen LogP contribution < -0.4 is 0 Å². The number of hydrogen-bond acceptors (Lipinski definition) is 1. The third-order valence-electron chi connectivity index (χ3n) is 3.74. The Labute approximate surface area is 122 Å². The van der Waals surface area contributed by atoms with Crippen LogP contribution in [-0.2, 0) is 6.18 Å². The molecule has 2 aromatic rings. The zero-order valence-electron chi connectivity index (χ0n) is 12.1. The van der Waals surface area contributed by atoms with Crippen LogP contribution in [0.15, 0.2) is 36.4 Å². The van der Waals surface area contributed by atoms with Gasteiger partial charge < -0.3 is 5.11 Å². The lowest BCUT2D eigenvalue weighted by Gasteiger charge is -2.17. The maximum Gasteiger partial charge on any atom is 0.416 e. The van der Waals surface area contributed by atoms with Crippen LogP contribution in [0.5, 0.6) is 0 Å². The van der Waals surface area contributed by atoms with Crippen molar-refractivity contribution in [3.63, 3.8) is 0 Å². The molecule has 0 aromatic heterocycles. The quantitative estimate of drug-likeness (QED) is 0.850. The summed E-state index contributed by atoms with van der Waals surface area (Å²) >= 11 is 0. The Hall–Kier alpha value is -1.81. The summed E-state index contributed by atoms with van der Waals surface area (Å²) in [7, 11) is 0. The average molecular weight is 294 g/mol. The molecule has 0 amide bonds. The number of hydrogen-bond donors (Lipinski definition) is 1. The van der Waals surface area contributed by atoms with Gasteiger partial charge in [0.05, 0.1) is 5.56 Å². The van der Waals surface area contributed by atoms with E-state index in [1.165, 1.54) is 6.07 Å². The molecule has 0 radical (unpaired) electrons. The standard InChI is InChI=1S/C17H17F3O/c1-10-4-5-13(8-11(10)2)16(21)15-7-6-14(9-12(15)3)17(18,19)20/h4-9,16,21H,1-3H3. The zero-order valence-corrected chi connectivity index (χ0v) is 12.1. The normalized spacial score (nSPS) is 13.3. The number of benzene rings is 2. The maximum absolute atomic E-state index is 12.7. The molecule has 4 heteroatoms. The molecule has 1 unspecified atom stereocenters. The molecule has 0 fully saturated rings. The van der Waals surface area contributed by atoms with Crippen molar-refractivity contribution >= 4 is 0 Å². The van der Waals surface area contributed by atoms with Gasteiger partial charge in [-0.1, -0.05) is 24.3 Å². The Morgan fingerprint density at radius 1 is 0.857 bits per heavy atom. The Bertz CT molecular complexity index is 660. The third kappa shape index (κ3) is 3.27. The van der Waals surface area contributed by atoms with Crippen molar-refractivity contribution in [1.82, 2.24) is 0 Å². The molecule has 21 heavy (non-hydrogen) atoms. The van der Waals surface area contributed by atoms with Crippen molar-refractivity contribution in [2.75, 3.05) is 0 Å². The van der Waals surface area contributed by atoms with Crippen molar-refractivity contribution < 1.29 is 18.3 Å². The van der Waals surface area contributed by atoms with E-state index in [0.29, 0.717) is 16.7 Å². The molecular weight excluding hydrogens is 277 g/mol. The number of halogens is 3. The van der Waals surface area contributed by atoms with Gasteiger partial charge >= 0.3 is 6.18 Å². The molecule has 0 saturated carbocycles. The zero-order chi connectivity index (χ0) is 15.8. The van der Waals surface area contributed by atoms with E-state index in [1.807, 2.05) is 26.0 Å². The average Bonchev–Trinajstić information content (AvgIpc) is 2.40. The van der Waals surface area contributed by atoms with Crippen LogP contribution in [0.4, 0.5) is 13.2 Å². The molecule has 0 heterocycles. The first kappa shape index (κ1) is 15.6. The topological polar surface area (TPSA) is 20.2 Å². The molecule has 2 rings (SSSR count). The Morgan fingerprint density at radius 2 is 1.52 bits per heavy atom. The van der Waals surface area contributed by atoms with Crippen molar-refractivity contribution in [3.05, 3.63) is 69.8 Å². The van der Waals surface area contributed by atoms with Crippen LogP contribution in [0.25, 0.3) is 0 Å². The van der Waals surface area contributed by atoms with Gasteiger partial charge in [0.2, 0.25) is 0 Å². The number of aliphatic hydroxyl groups excluding tert-OH is 1. The highest BCUT2D eigenvalue weighted by molar-refractivity contribution is 5.40. The van der Waals surface area contributed by atoms with E-state index in [0.717, 1.165) is 23.3 Å². The highest BCUT2D eigenvalue weighted by Crippen LogP contribution is 2.33. The third-order valence-corrected chi connectivity index (χ3v) is 3.74. The summed E-state index contributed by atoms with van der Waals surface area (Å²) in [6, 6.07) is 8.97. The van der Waals surface area contributed by atoms with Gasteiger partial charge in [0, 0.05) is 0 Å². The number of alkyl halides is 3. The molecular formula is C17H17F3O. The van der Waals surface area contributed by atoms with Crippen LogP contribution in [0.1, 0.15) is 39.5 Å². The van der Waals surface area contributed by atoms with Crippen molar-refractivity contribution in [1.29, 1.82) is 0 Å². The van der Waals surface area contributed by atoms with E-state index in [2.05, 4.69) is 0 Å². The highest BCUT2D eigenvalue weighted by Gasteiger charge is 2.31. The monoisotopic (exact) mass is 294 g/mol. The van der Waals surface area contributed by atoms with E-state index >= 15 is 0 Å². The fourth-order valence-electron chi connectivity index (χ4n) is 2.27. The molecule has 0 aliphatic carbocycles. The number of aryl methyl sites for hydroxylation is 3. The molecule has 0 aliphatic heterocycles. The fourth-order valence-corrected chi connectivity index (χ4v) is 2.27. The number of rotatable bonds is 2. The predicted octanol–water partition coefficient (Wildman–Crippen LogP) is 4.71. The minimum atomic E-state index is -4.37. The van der Waals surface area contributed by atoms with Gasteiger partial charge in [-0.2, -0.15) is 13.2 Å². The van der Waals surface area contributed by atoms with Gasteiger partial charge in [-0.15, -0.1) is 0 Å². The summed E-state index contributed by atoms with van der Waals surface area (Å²) in [6.07, 6.45) is -5.29. The van der Waals surface area contributed by atoms with Crippen LogP contribution in [0.3, 0.4) is 0 Å². The van der Waals surface area contributed by atoms with Gasteiger partial charge in [0.1, 0.15) is 6.10 Å². The lowest BCUT2D eigenvalue weighted by molar-refractivity contribution is -0.137. The maximum atomic E-state index is 12.7. The molecule has 0 bridgehead atoms. The molecule has 2 aromatic carbocycles. The Balaban J connectivity index is 2.39. The van der Waals surface area contributed by atoms with Crippen molar-refractivity contribution in [3.8, 4) is 0 Å². The van der Waals surface area contributed by atoms with Crippen LogP contribution in [0, 0.1) is 20.8 Å². The molecule has 112 valence electrons. The first-order valence-corrected chi connectivity index (χ1v) is 6.63. The van der Waals surface area contributed by atoms with Crippen LogP contribution in [-0.4, -0.2) is 5.11 Å². The van der Waals surface area contributed by atoms with Crippen LogP contribution in [0.2, 0.25) is 0 Å². The smallest absolute Gasteiger partial charge is 0.384 e. The molecule has 0 aliphatic rings. The molecule has 1 nitrogen and oxygen atoms in total. The van der Waals surface area contributed by atoms with Crippen molar-refractivity contribution in [2.24, 2.45) is 0 Å². The van der Waals surface area contributed by atoms with Crippen LogP contribution >= 0.6 is 0 Å². The van der Waals surface area contributed by atoms with Gasteiger partial charge in [0.25, 0.3) is 0 Å². The predicted molar refractivity (Wildman–Crippen MR) is 76.2 cm³/mol. The van der Waals surface area contributed by atoms with Crippen molar-refractivity contribution in [2.45, 2.75) is 33.1 Å². The highest BCUT2D eigenvalue weighted by atomic mass is 19.4. The summed E-state index contributed by atoms with van der Waals surface area (Å²) in [4.78, 5) is 0. The van der Waals surface area contributed by atoms with E-state index in [4.69, 9.17) is 0 Å². The minimum Gasteiger partial charge on any atom is -0.384 e. The SMILES string of the molecule is Cc1ccc(C(O)c2ccc(C(F)(F)F)cc2C)cc1C. The van der Waals surface area contributed by atoms with E-state index in [1.54, 1.807) is 13.0 Å². The summed E-state index contributed by atoms with van der Waals surface area (Å²) < 4.78 is 38.0. The van der Waals surface area contributed by atoms with Gasteiger partial charge in [-0.25, -0.2) is 0 Å². The minimum absolute atomic E-state index is 0.426. The van der Waals surface area contributed by atoms with Gasteiger partial charge in [-0.05, 0) is 60.7 Å². The molecule has 0 spiro atoms. The first-order valence-electron chi connectivity index (χ1n) is 6.63. The fraction of sp³-hybridized carbons (Fsp3) is 0.294. The second-order valence-electron chi connectivity index (χ2n) is 5.32. The number of aliphatic hydroxyl groups is 1. The second-order valence-corrected chi connectivity index (χ2v) is 5.32. The first-order chi connectivity index (χ1) is 9.70. The molecule has 1 N–H and O–H groups in total. The Kier molecular flexibility index (Phi) is 4.10. The summed E-state index contributed by atoms with van der Waals surface area (Å²) in [6.45, 7) is 5.48. The lowest BCUT2D eigenvalue weighted by atomic mass is 9.94.